The Morgan fingerprint density at radius 2 is 1.77 bits per heavy atom. The minimum Gasteiger partial charge on any atom is -0.313 e. The number of carbonyl (C=O) groups is 1. The number of rotatable bonds is 8. The average Bonchev–Trinajstić information content (AvgIpc) is 3.49. The highest BCUT2D eigenvalue weighted by atomic mass is 35.5. The van der Waals surface area contributed by atoms with E-state index in [1.807, 2.05) is 32.0 Å². The summed E-state index contributed by atoms with van der Waals surface area (Å²) in [6.07, 6.45) is 0.906. The normalized spacial score (nSPS) is 14.0. The number of aromatic nitrogens is 1. The van der Waals surface area contributed by atoms with E-state index in [-0.39, 0.29) is 23.2 Å². The molecule has 1 N–H and O–H groups in total. The van der Waals surface area contributed by atoms with Gasteiger partial charge in [0.05, 0.1) is 15.1 Å². The molecule has 4 aromatic rings. The summed E-state index contributed by atoms with van der Waals surface area (Å²) >= 11 is 3.26. The van der Waals surface area contributed by atoms with E-state index in [4.69, 9.17) is 4.98 Å². The SMILES string of the molecule is CCN(CC)S(=O)(=O)c1ccc(C(=O)Nc2sc3c(c2-c2nc4ccccc4s2)CCN(C(C)C)C3)cc1.Cl. The van der Waals surface area contributed by atoms with Crippen LogP contribution in [-0.2, 0) is 23.0 Å². The number of hydrogen-bond donors (Lipinski definition) is 1. The second-order valence-electron chi connectivity index (χ2n) is 9.58. The van der Waals surface area contributed by atoms with Crippen LogP contribution in [-0.4, -0.2) is 54.2 Å². The molecule has 0 saturated heterocycles. The molecule has 2 aromatic carbocycles. The fraction of sp³-hybridized carbons (Fsp3) is 0.357. The summed E-state index contributed by atoms with van der Waals surface area (Å²) in [6, 6.07) is 14.7. The minimum atomic E-state index is -3.58. The molecule has 0 atom stereocenters. The van der Waals surface area contributed by atoms with Crippen LogP contribution in [0.2, 0.25) is 0 Å². The lowest BCUT2D eigenvalue weighted by molar-refractivity contribution is 0.102. The molecule has 0 fully saturated rings. The van der Waals surface area contributed by atoms with Gasteiger partial charge in [-0.3, -0.25) is 9.69 Å². The molecular weight excluding hydrogens is 572 g/mol. The van der Waals surface area contributed by atoms with Gasteiger partial charge in [0.25, 0.3) is 5.91 Å². The topological polar surface area (TPSA) is 82.6 Å². The van der Waals surface area contributed by atoms with Crippen LogP contribution in [0.25, 0.3) is 20.8 Å². The number of hydrogen-bond acceptors (Lipinski definition) is 7. The third-order valence-corrected chi connectivity index (χ3v) is 11.3. The third kappa shape index (κ3) is 5.77. The Hall–Kier alpha value is -2.34. The van der Waals surface area contributed by atoms with Crippen molar-refractivity contribution in [2.24, 2.45) is 0 Å². The van der Waals surface area contributed by atoms with Crippen LogP contribution in [0, 0.1) is 0 Å². The molecule has 0 bridgehead atoms. The number of nitrogens with zero attached hydrogens (tertiary/aromatic N) is 3. The Morgan fingerprint density at radius 1 is 1.08 bits per heavy atom. The predicted octanol–water partition coefficient (Wildman–Crippen LogP) is 6.50. The highest BCUT2D eigenvalue weighted by molar-refractivity contribution is 7.89. The number of para-hydroxylation sites is 1. The van der Waals surface area contributed by atoms with Crippen LogP contribution in [0.5, 0.6) is 0 Å². The fourth-order valence-electron chi connectivity index (χ4n) is 4.82. The van der Waals surface area contributed by atoms with E-state index in [1.165, 1.54) is 26.9 Å². The van der Waals surface area contributed by atoms with E-state index in [0.717, 1.165) is 45.3 Å². The standard InChI is InChI=1S/C28H32N4O3S3.ClH/c1-5-32(6-2)38(34,35)20-13-11-19(12-14-20)26(33)30-28-25(27-29-22-9-7-8-10-23(22)36-27)21-15-16-31(18(3)4)17-24(21)37-28;/h7-14,18H,5-6,15-17H2,1-4H3,(H,30,33);1H. The average molecular weight is 605 g/mol. The quantitative estimate of drug-likeness (QED) is 0.248. The molecule has 0 radical (unpaired) electrons. The van der Waals surface area contributed by atoms with Gasteiger partial charge in [-0.15, -0.1) is 35.1 Å². The summed E-state index contributed by atoms with van der Waals surface area (Å²) in [4.78, 5) is 22.2. The fourth-order valence-corrected chi connectivity index (χ4v) is 8.66. The van der Waals surface area contributed by atoms with E-state index in [1.54, 1.807) is 34.8 Å². The lowest BCUT2D eigenvalue weighted by Gasteiger charge is -2.30. The first-order valence-electron chi connectivity index (χ1n) is 12.9. The third-order valence-electron chi connectivity index (χ3n) is 7.01. The highest BCUT2D eigenvalue weighted by Crippen LogP contribution is 2.46. The van der Waals surface area contributed by atoms with Crippen molar-refractivity contribution in [3.63, 3.8) is 0 Å². The van der Waals surface area contributed by atoms with E-state index in [0.29, 0.717) is 24.7 Å². The number of anilines is 1. The van der Waals surface area contributed by atoms with Gasteiger partial charge in [-0.1, -0.05) is 26.0 Å². The summed E-state index contributed by atoms with van der Waals surface area (Å²) in [5.74, 6) is -0.265. The number of thiophene rings is 1. The van der Waals surface area contributed by atoms with Gasteiger partial charge in [0.15, 0.2) is 0 Å². The van der Waals surface area contributed by atoms with Crippen molar-refractivity contribution in [2.75, 3.05) is 25.0 Å². The maximum absolute atomic E-state index is 13.4. The van der Waals surface area contributed by atoms with Gasteiger partial charge in [-0.05, 0) is 62.2 Å². The maximum atomic E-state index is 13.4. The van der Waals surface area contributed by atoms with Crippen molar-refractivity contribution in [2.45, 2.75) is 51.6 Å². The Morgan fingerprint density at radius 3 is 2.41 bits per heavy atom. The maximum Gasteiger partial charge on any atom is 0.256 e. The van der Waals surface area contributed by atoms with Crippen LogP contribution in [0.3, 0.4) is 0 Å². The molecule has 208 valence electrons. The Bertz CT molecular complexity index is 1540. The van der Waals surface area contributed by atoms with Crippen LogP contribution in [0.1, 0.15) is 48.5 Å². The Balaban J connectivity index is 0.00000353. The molecule has 0 saturated carbocycles. The summed E-state index contributed by atoms with van der Waals surface area (Å²) in [5.41, 5.74) is 3.65. The number of sulfonamides is 1. The molecule has 5 rings (SSSR count). The number of amides is 1. The second-order valence-corrected chi connectivity index (χ2v) is 13.7. The summed E-state index contributed by atoms with van der Waals surface area (Å²) < 4.78 is 28.2. The minimum absolute atomic E-state index is 0. The first kappa shape index (κ1) is 29.6. The van der Waals surface area contributed by atoms with Gasteiger partial charge in [0.2, 0.25) is 10.0 Å². The predicted molar refractivity (Wildman–Crippen MR) is 164 cm³/mol. The van der Waals surface area contributed by atoms with Crippen molar-refractivity contribution in [3.05, 3.63) is 64.5 Å². The van der Waals surface area contributed by atoms with Gasteiger partial charge in [-0.25, -0.2) is 13.4 Å². The molecule has 0 unspecified atom stereocenters. The first-order chi connectivity index (χ1) is 18.2. The zero-order chi connectivity index (χ0) is 27.0. The molecule has 7 nitrogen and oxygen atoms in total. The van der Waals surface area contributed by atoms with Gasteiger partial charge in [-0.2, -0.15) is 4.31 Å². The Kier molecular flexibility index (Phi) is 9.15. The number of thiazole rings is 1. The van der Waals surface area contributed by atoms with Gasteiger partial charge in [0.1, 0.15) is 10.0 Å². The number of halogens is 1. The first-order valence-corrected chi connectivity index (χ1v) is 16.0. The van der Waals surface area contributed by atoms with Crippen molar-refractivity contribution < 1.29 is 13.2 Å². The van der Waals surface area contributed by atoms with Crippen molar-refractivity contribution >= 4 is 66.2 Å². The van der Waals surface area contributed by atoms with Gasteiger partial charge in [0, 0.05) is 48.2 Å². The number of fused-ring (bicyclic) bond motifs is 2. The molecule has 11 heteroatoms. The lowest BCUT2D eigenvalue weighted by Crippen LogP contribution is -2.35. The molecule has 0 spiro atoms. The van der Waals surface area contributed by atoms with E-state index in [9.17, 15) is 13.2 Å². The van der Waals surface area contributed by atoms with Gasteiger partial charge >= 0.3 is 0 Å². The molecule has 3 heterocycles. The molecular formula is C28H33ClN4O3S3. The second kappa shape index (κ2) is 12.0. The van der Waals surface area contributed by atoms with E-state index in [2.05, 4.69) is 30.1 Å². The van der Waals surface area contributed by atoms with Crippen molar-refractivity contribution in [3.8, 4) is 10.6 Å². The summed E-state index contributed by atoms with van der Waals surface area (Å²) in [5, 5.41) is 4.85. The van der Waals surface area contributed by atoms with E-state index < -0.39 is 10.0 Å². The Labute approximate surface area is 244 Å². The van der Waals surface area contributed by atoms with E-state index >= 15 is 0 Å². The van der Waals surface area contributed by atoms with Crippen LogP contribution in [0.4, 0.5) is 5.00 Å². The lowest BCUT2D eigenvalue weighted by atomic mass is 10.0. The van der Waals surface area contributed by atoms with Crippen LogP contribution < -0.4 is 5.32 Å². The number of carbonyl (C=O) groups excluding carboxylic acids is 1. The van der Waals surface area contributed by atoms with Crippen LogP contribution in [0.15, 0.2) is 53.4 Å². The summed E-state index contributed by atoms with van der Waals surface area (Å²) in [7, 11) is -3.58. The zero-order valence-electron chi connectivity index (χ0n) is 22.4. The molecule has 1 aliphatic heterocycles. The monoisotopic (exact) mass is 604 g/mol. The zero-order valence-corrected chi connectivity index (χ0v) is 25.7. The molecule has 39 heavy (non-hydrogen) atoms. The van der Waals surface area contributed by atoms with Crippen molar-refractivity contribution in [1.29, 1.82) is 0 Å². The molecule has 2 aromatic heterocycles. The van der Waals surface area contributed by atoms with Gasteiger partial charge < -0.3 is 5.32 Å². The molecule has 0 aliphatic carbocycles. The van der Waals surface area contributed by atoms with Crippen LogP contribution >= 0.6 is 35.1 Å². The summed E-state index contributed by atoms with van der Waals surface area (Å²) in [6.45, 7) is 10.7. The highest BCUT2D eigenvalue weighted by Gasteiger charge is 2.29. The molecule has 1 aliphatic rings. The largest absolute Gasteiger partial charge is 0.313 e. The molecule has 1 amide bonds. The number of benzene rings is 2. The number of nitrogens with one attached hydrogen (secondary N) is 1. The van der Waals surface area contributed by atoms with Crippen molar-refractivity contribution in [1.82, 2.24) is 14.2 Å². The smallest absolute Gasteiger partial charge is 0.256 e.